The zero-order chi connectivity index (χ0) is 9.26. The van der Waals surface area contributed by atoms with Crippen molar-refractivity contribution in [3.8, 4) is 0 Å². The number of aryl methyl sites for hydroxylation is 1. The highest BCUT2D eigenvalue weighted by molar-refractivity contribution is 7.71. The van der Waals surface area contributed by atoms with Crippen LogP contribution in [0.3, 0.4) is 0 Å². The summed E-state index contributed by atoms with van der Waals surface area (Å²) in [5.41, 5.74) is 0. The summed E-state index contributed by atoms with van der Waals surface area (Å²) in [5, 5.41) is 6.88. The van der Waals surface area contributed by atoms with Crippen LogP contribution >= 0.6 is 12.2 Å². The first-order chi connectivity index (χ1) is 6.27. The van der Waals surface area contributed by atoms with Crippen LogP contribution in [0.1, 0.15) is 31.5 Å². The van der Waals surface area contributed by atoms with Crippen molar-refractivity contribution >= 4 is 12.2 Å². The van der Waals surface area contributed by atoms with Crippen LogP contribution in [0, 0.1) is 17.6 Å². The van der Waals surface area contributed by atoms with E-state index in [2.05, 4.69) is 14.8 Å². The minimum atomic E-state index is 0.758. The monoisotopic (exact) mass is 197 g/mol. The van der Waals surface area contributed by atoms with Gasteiger partial charge in [-0.3, -0.25) is 5.10 Å². The van der Waals surface area contributed by atoms with Gasteiger partial charge < -0.3 is 4.57 Å². The number of hydrogen-bond donors (Lipinski definition) is 1. The molecule has 1 aromatic rings. The fourth-order valence-electron chi connectivity index (χ4n) is 1.60. The summed E-state index contributed by atoms with van der Waals surface area (Å²) in [6, 6.07) is 0. The Hall–Kier alpha value is -0.640. The quantitative estimate of drug-likeness (QED) is 0.752. The van der Waals surface area contributed by atoms with Gasteiger partial charge in [0.15, 0.2) is 4.77 Å². The maximum absolute atomic E-state index is 5.11. The molecule has 1 fully saturated rings. The Bertz CT molecular complexity index is 335. The van der Waals surface area contributed by atoms with E-state index in [1.54, 1.807) is 0 Å². The Morgan fingerprint density at radius 1 is 1.62 bits per heavy atom. The highest BCUT2D eigenvalue weighted by Crippen LogP contribution is 2.33. The van der Waals surface area contributed by atoms with Crippen LogP contribution < -0.4 is 0 Å². The van der Waals surface area contributed by atoms with Gasteiger partial charge in [0.2, 0.25) is 0 Å². The Morgan fingerprint density at radius 3 is 2.92 bits per heavy atom. The highest BCUT2D eigenvalue weighted by atomic mass is 32.1. The molecule has 1 aromatic heterocycles. The standard InChI is InChI=1S/C9H15N3S/c1-7-10-11-9(13)12(7)6-2-3-8-4-5-8/h8H,2-6H2,1H3,(H,11,13). The lowest BCUT2D eigenvalue weighted by Gasteiger charge is -2.02. The zero-order valence-electron chi connectivity index (χ0n) is 7.92. The topological polar surface area (TPSA) is 33.6 Å². The maximum atomic E-state index is 5.11. The largest absolute Gasteiger partial charge is 0.304 e. The molecule has 4 heteroatoms. The first kappa shape index (κ1) is 8.94. The second-order valence-corrected chi connectivity index (χ2v) is 4.20. The molecular weight excluding hydrogens is 182 g/mol. The number of H-pyrrole nitrogens is 1. The minimum absolute atomic E-state index is 0.758. The molecule has 0 aliphatic heterocycles. The molecule has 72 valence electrons. The predicted molar refractivity (Wildman–Crippen MR) is 54.1 cm³/mol. The van der Waals surface area contributed by atoms with Crippen molar-refractivity contribution in [2.24, 2.45) is 5.92 Å². The van der Waals surface area contributed by atoms with Crippen molar-refractivity contribution < 1.29 is 0 Å². The SMILES string of the molecule is Cc1n[nH]c(=S)n1CCCC1CC1. The fraction of sp³-hybridized carbons (Fsp3) is 0.778. The number of aromatic nitrogens is 3. The van der Waals surface area contributed by atoms with E-state index < -0.39 is 0 Å². The number of hydrogen-bond acceptors (Lipinski definition) is 2. The maximum Gasteiger partial charge on any atom is 0.195 e. The molecule has 1 saturated carbocycles. The average Bonchev–Trinajstić information content (AvgIpc) is 2.86. The Labute approximate surface area is 83.2 Å². The summed E-state index contributed by atoms with van der Waals surface area (Å²) in [5.74, 6) is 2.02. The third-order valence-electron chi connectivity index (χ3n) is 2.64. The van der Waals surface area contributed by atoms with Gasteiger partial charge in [-0.1, -0.05) is 12.8 Å². The molecule has 1 aliphatic rings. The van der Waals surface area contributed by atoms with Crippen molar-refractivity contribution in [3.05, 3.63) is 10.6 Å². The molecular formula is C9H15N3S. The van der Waals surface area contributed by atoms with Crippen molar-refractivity contribution in [1.82, 2.24) is 14.8 Å². The van der Waals surface area contributed by atoms with Gasteiger partial charge in [-0.2, -0.15) is 5.10 Å². The minimum Gasteiger partial charge on any atom is -0.304 e. The lowest BCUT2D eigenvalue weighted by Crippen LogP contribution is -2.00. The summed E-state index contributed by atoms with van der Waals surface area (Å²) in [4.78, 5) is 0. The number of nitrogens with one attached hydrogen (secondary N) is 1. The van der Waals surface area contributed by atoms with Crippen molar-refractivity contribution in [3.63, 3.8) is 0 Å². The normalized spacial score (nSPS) is 16.4. The molecule has 13 heavy (non-hydrogen) atoms. The van der Waals surface area contributed by atoms with Crippen molar-refractivity contribution in [1.29, 1.82) is 0 Å². The molecule has 1 N–H and O–H groups in total. The van der Waals surface area contributed by atoms with Gasteiger partial charge >= 0.3 is 0 Å². The van der Waals surface area contributed by atoms with Gasteiger partial charge in [-0.05, 0) is 37.9 Å². The third kappa shape index (κ3) is 2.18. The van der Waals surface area contributed by atoms with E-state index in [9.17, 15) is 0 Å². The number of aromatic amines is 1. The summed E-state index contributed by atoms with van der Waals surface area (Å²) in [6.45, 7) is 3.01. The van der Waals surface area contributed by atoms with Gasteiger partial charge in [0.05, 0.1) is 0 Å². The van der Waals surface area contributed by atoms with Crippen LogP contribution in [0.5, 0.6) is 0 Å². The summed E-state index contributed by atoms with van der Waals surface area (Å²) in [7, 11) is 0. The number of rotatable bonds is 4. The first-order valence-electron chi connectivity index (χ1n) is 4.89. The summed E-state index contributed by atoms with van der Waals surface area (Å²) >= 11 is 5.11. The Balaban J connectivity index is 1.88. The van der Waals surface area contributed by atoms with E-state index in [-0.39, 0.29) is 0 Å². The lowest BCUT2D eigenvalue weighted by atomic mass is 10.2. The molecule has 0 aromatic carbocycles. The molecule has 0 saturated heterocycles. The molecule has 0 atom stereocenters. The second kappa shape index (κ2) is 3.62. The highest BCUT2D eigenvalue weighted by Gasteiger charge is 2.20. The lowest BCUT2D eigenvalue weighted by molar-refractivity contribution is 0.563. The van der Waals surface area contributed by atoms with Gasteiger partial charge in [-0.25, -0.2) is 0 Å². The van der Waals surface area contributed by atoms with Gasteiger partial charge in [0.25, 0.3) is 0 Å². The summed E-state index contributed by atoms with van der Waals surface area (Å²) < 4.78 is 2.84. The molecule has 0 amide bonds. The molecule has 1 heterocycles. The second-order valence-electron chi connectivity index (χ2n) is 3.81. The molecule has 3 nitrogen and oxygen atoms in total. The van der Waals surface area contributed by atoms with Crippen molar-refractivity contribution in [2.75, 3.05) is 0 Å². The van der Waals surface area contributed by atoms with E-state index >= 15 is 0 Å². The van der Waals surface area contributed by atoms with Crippen LogP contribution in [-0.2, 0) is 6.54 Å². The van der Waals surface area contributed by atoms with E-state index in [0.717, 1.165) is 23.1 Å². The molecule has 0 spiro atoms. The van der Waals surface area contributed by atoms with Crippen LogP contribution in [-0.4, -0.2) is 14.8 Å². The van der Waals surface area contributed by atoms with Crippen LogP contribution in [0.25, 0.3) is 0 Å². The zero-order valence-corrected chi connectivity index (χ0v) is 8.73. The molecule has 2 rings (SSSR count). The van der Waals surface area contributed by atoms with Crippen LogP contribution in [0.4, 0.5) is 0 Å². The van der Waals surface area contributed by atoms with Gasteiger partial charge in [0.1, 0.15) is 5.82 Å². The average molecular weight is 197 g/mol. The van der Waals surface area contributed by atoms with Crippen LogP contribution in [0.15, 0.2) is 0 Å². The molecule has 0 unspecified atom stereocenters. The third-order valence-corrected chi connectivity index (χ3v) is 2.95. The van der Waals surface area contributed by atoms with E-state index in [0.29, 0.717) is 0 Å². The first-order valence-corrected chi connectivity index (χ1v) is 5.30. The Morgan fingerprint density at radius 2 is 2.38 bits per heavy atom. The molecule has 0 bridgehead atoms. The van der Waals surface area contributed by atoms with E-state index in [1.165, 1.54) is 25.7 Å². The van der Waals surface area contributed by atoms with E-state index in [4.69, 9.17) is 12.2 Å². The molecule has 0 radical (unpaired) electrons. The smallest absolute Gasteiger partial charge is 0.195 e. The van der Waals surface area contributed by atoms with Gasteiger partial charge in [-0.15, -0.1) is 0 Å². The number of nitrogens with zero attached hydrogens (tertiary/aromatic N) is 2. The van der Waals surface area contributed by atoms with Crippen LogP contribution in [0.2, 0.25) is 0 Å². The Kier molecular flexibility index (Phi) is 2.49. The van der Waals surface area contributed by atoms with E-state index in [1.807, 2.05) is 6.92 Å². The van der Waals surface area contributed by atoms with Crippen molar-refractivity contribution in [2.45, 2.75) is 39.2 Å². The summed E-state index contributed by atoms with van der Waals surface area (Å²) in [6.07, 6.45) is 5.47. The fourth-order valence-corrected chi connectivity index (χ4v) is 1.87. The molecule has 1 aliphatic carbocycles. The predicted octanol–water partition coefficient (Wildman–Crippen LogP) is 2.44. The van der Waals surface area contributed by atoms with Gasteiger partial charge in [0, 0.05) is 6.54 Å².